The molecule has 1 saturated heterocycles. The molecule has 2 aromatic rings. The van der Waals surface area contributed by atoms with Crippen molar-refractivity contribution in [2.75, 3.05) is 0 Å². The van der Waals surface area contributed by atoms with E-state index >= 15 is 0 Å². The molecule has 1 aromatic carbocycles. The van der Waals surface area contributed by atoms with E-state index < -0.39 is 23.8 Å². The molecule has 1 fully saturated rings. The molecule has 0 saturated carbocycles. The predicted molar refractivity (Wildman–Crippen MR) is 77.6 cm³/mol. The number of aromatic nitrogens is 3. The van der Waals surface area contributed by atoms with Crippen LogP contribution >= 0.6 is 0 Å². The number of hydroxylamine groups is 2. The molecule has 10 nitrogen and oxygen atoms in total. The van der Waals surface area contributed by atoms with Crippen LogP contribution in [-0.4, -0.2) is 44.0 Å². The second-order valence-corrected chi connectivity index (χ2v) is 4.70. The standard InChI is InChI=1S/C8H7N3O2.C6H7NO4/c1-6(12)13-11-8-5-3-2-4-7(8)9-10-11;1-4(8)11-7-5(9)2-3-6(7)10/h2-5H,1H3;2-3H2,1H3. The number of carbonyl (C=O) groups excluding carboxylic acids is 4. The number of carbonyl (C=O) groups is 4. The summed E-state index contributed by atoms with van der Waals surface area (Å²) in [6, 6.07) is 7.24. The van der Waals surface area contributed by atoms with Gasteiger partial charge in [0.25, 0.3) is 11.8 Å². The van der Waals surface area contributed by atoms with Gasteiger partial charge < -0.3 is 9.68 Å². The number of rotatable bonds is 2. The minimum Gasteiger partial charge on any atom is -0.331 e. The summed E-state index contributed by atoms with van der Waals surface area (Å²) < 4.78 is 0. The molecule has 0 bridgehead atoms. The normalized spacial score (nSPS) is 13.5. The Morgan fingerprint density at radius 3 is 2.17 bits per heavy atom. The fraction of sp³-hybridized carbons (Fsp3) is 0.286. The van der Waals surface area contributed by atoms with Gasteiger partial charge in [-0.25, -0.2) is 9.59 Å². The van der Waals surface area contributed by atoms with Crippen LogP contribution in [0.5, 0.6) is 0 Å². The van der Waals surface area contributed by atoms with Crippen LogP contribution in [0.15, 0.2) is 24.3 Å². The second kappa shape index (κ2) is 7.31. The Morgan fingerprint density at radius 1 is 1.00 bits per heavy atom. The molecule has 10 heteroatoms. The molecule has 1 aromatic heterocycles. The average Bonchev–Trinajstić information content (AvgIpc) is 3.06. The van der Waals surface area contributed by atoms with Crippen molar-refractivity contribution in [3.8, 4) is 0 Å². The Hall–Kier alpha value is -3.30. The molecule has 24 heavy (non-hydrogen) atoms. The molecular formula is C14H14N4O6. The first-order valence-corrected chi connectivity index (χ1v) is 6.92. The van der Waals surface area contributed by atoms with Gasteiger partial charge in [0.1, 0.15) is 11.0 Å². The topological polar surface area (TPSA) is 121 Å². The van der Waals surface area contributed by atoms with Gasteiger partial charge in [0.05, 0.1) is 0 Å². The minimum atomic E-state index is -0.659. The third kappa shape index (κ3) is 4.12. The number of imide groups is 1. The third-order valence-electron chi connectivity index (χ3n) is 2.76. The van der Waals surface area contributed by atoms with E-state index in [1.54, 1.807) is 12.1 Å². The lowest BCUT2D eigenvalue weighted by molar-refractivity contribution is -0.195. The monoisotopic (exact) mass is 334 g/mol. The van der Waals surface area contributed by atoms with E-state index in [2.05, 4.69) is 15.1 Å². The lowest BCUT2D eigenvalue weighted by Gasteiger charge is -2.09. The van der Waals surface area contributed by atoms with E-state index in [0.29, 0.717) is 16.1 Å². The Labute approximate surface area is 135 Å². The first kappa shape index (κ1) is 17.1. The molecule has 1 aliphatic rings. The molecule has 0 spiro atoms. The number of hydrogen-bond donors (Lipinski definition) is 0. The number of benzene rings is 1. The van der Waals surface area contributed by atoms with Crippen molar-refractivity contribution >= 4 is 34.8 Å². The molecule has 0 aliphatic carbocycles. The summed E-state index contributed by atoms with van der Waals surface area (Å²) in [4.78, 5) is 52.7. The lowest BCUT2D eigenvalue weighted by atomic mass is 10.3. The molecular weight excluding hydrogens is 320 g/mol. The highest BCUT2D eigenvalue weighted by atomic mass is 16.7. The molecule has 2 heterocycles. The van der Waals surface area contributed by atoms with Crippen LogP contribution in [0, 0.1) is 0 Å². The van der Waals surface area contributed by atoms with Crippen molar-refractivity contribution in [1.29, 1.82) is 0 Å². The van der Waals surface area contributed by atoms with Gasteiger partial charge in [-0.1, -0.05) is 17.0 Å². The van der Waals surface area contributed by atoms with Crippen molar-refractivity contribution in [3.63, 3.8) is 0 Å². The van der Waals surface area contributed by atoms with Gasteiger partial charge in [-0.05, 0) is 17.3 Å². The fourth-order valence-electron chi connectivity index (χ4n) is 1.82. The maximum Gasteiger partial charge on any atom is 0.332 e. The van der Waals surface area contributed by atoms with E-state index in [1.165, 1.54) is 6.92 Å². The summed E-state index contributed by atoms with van der Waals surface area (Å²) in [5.74, 6) is -1.99. The highest BCUT2D eigenvalue weighted by Crippen LogP contribution is 2.11. The summed E-state index contributed by atoms with van der Waals surface area (Å²) in [6.45, 7) is 2.45. The SMILES string of the molecule is CC(=O)ON1C(=O)CCC1=O.CC(=O)On1nnc2ccccc21. The van der Waals surface area contributed by atoms with Gasteiger partial charge in [0.2, 0.25) is 0 Å². The molecule has 0 radical (unpaired) electrons. The number of amides is 2. The number of fused-ring (bicyclic) bond motifs is 1. The van der Waals surface area contributed by atoms with Gasteiger partial charge in [0.15, 0.2) is 0 Å². The molecule has 126 valence electrons. The molecule has 2 amide bonds. The second-order valence-electron chi connectivity index (χ2n) is 4.70. The van der Waals surface area contributed by atoms with Crippen LogP contribution in [0.1, 0.15) is 26.7 Å². The Kier molecular flexibility index (Phi) is 5.20. The maximum atomic E-state index is 10.7. The van der Waals surface area contributed by atoms with Crippen LogP contribution in [0.3, 0.4) is 0 Å². The van der Waals surface area contributed by atoms with Crippen molar-refractivity contribution < 1.29 is 28.9 Å². The predicted octanol–water partition coefficient (Wildman–Crippen LogP) is 0.0199. The van der Waals surface area contributed by atoms with Crippen molar-refractivity contribution in [2.45, 2.75) is 26.7 Å². The van der Waals surface area contributed by atoms with Gasteiger partial charge >= 0.3 is 11.9 Å². The van der Waals surface area contributed by atoms with E-state index in [9.17, 15) is 19.2 Å². The van der Waals surface area contributed by atoms with Crippen molar-refractivity contribution in [1.82, 2.24) is 20.2 Å². The van der Waals surface area contributed by atoms with Crippen molar-refractivity contribution in [3.05, 3.63) is 24.3 Å². The fourth-order valence-corrected chi connectivity index (χ4v) is 1.82. The van der Waals surface area contributed by atoms with Crippen molar-refractivity contribution in [2.24, 2.45) is 0 Å². The zero-order valence-corrected chi connectivity index (χ0v) is 13.0. The third-order valence-corrected chi connectivity index (χ3v) is 2.76. The van der Waals surface area contributed by atoms with Gasteiger partial charge in [-0.2, -0.15) is 0 Å². The number of nitrogens with zero attached hydrogens (tertiary/aromatic N) is 4. The van der Waals surface area contributed by atoms with Crippen LogP contribution in [0.2, 0.25) is 0 Å². The van der Waals surface area contributed by atoms with Crippen LogP contribution in [0.4, 0.5) is 0 Å². The zero-order chi connectivity index (χ0) is 17.7. The summed E-state index contributed by atoms with van der Waals surface area (Å²) in [6.07, 6.45) is 0.262. The zero-order valence-electron chi connectivity index (χ0n) is 13.0. The largest absolute Gasteiger partial charge is 0.332 e. The summed E-state index contributed by atoms with van der Waals surface area (Å²) in [5.41, 5.74) is 1.38. The molecule has 1 aliphatic heterocycles. The number of para-hydroxylation sites is 1. The highest BCUT2D eigenvalue weighted by molar-refractivity contribution is 6.01. The minimum absolute atomic E-state index is 0.131. The maximum absolute atomic E-state index is 10.7. The Balaban J connectivity index is 0.000000177. The molecule has 0 unspecified atom stereocenters. The highest BCUT2D eigenvalue weighted by Gasteiger charge is 2.31. The first-order chi connectivity index (χ1) is 11.4. The lowest BCUT2D eigenvalue weighted by Crippen LogP contribution is -2.30. The summed E-state index contributed by atoms with van der Waals surface area (Å²) in [5, 5.41) is 7.98. The van der Waals surface area contributed by atoms with E-state index in [4.69, 9.17) is 4.84 Å². The van der Waals surface area contributed by atoms with Crippen LogP contribution in [-0.2, 0) is 24.0 Å². The Morgan fingerprint density at radius 2 is 1.58 bits per heavy atom. The number of hydrogen-bond acceptors (Lipinski definition) is 8. The Bertz CT molecular complexity index is 783. The van der Waals surface area contributed by atoms with Gasteiger partial charge in [-0.3, -0.25) is 9.59 Å². The van der Waals surface area contributed by atoms with E-state index in [-0.39, 0.29) is 12.8 Å². The van der Waals surface area contributed by atoms with Gasteiger partial charge in [0, 0.05) is 26.7 Å². The van der Waals surface area contributed by atoms with Crippen LogP contribution < -0.4 is 4.84 Å². The molecule has 0 N–H and O–H groups in total. The van der Waals surface area contributed by atoms with E-state index in [0.717, 1.165) is 11.8 Å². The molecule has 3 rings (SSSR count). The smallest absolute Gasteiger partial charge is 0.331 e. The van der Waals surface area contributed by atoms with E-state index in [1.807, 2.05) is 12.1 Å². The average molecular weight is 334 g/mol. The first-order valence-electron chi connectivity index (χ1n) is 6.92. The van der Waals surface area contributed by atoms with Crippen LogP contribution in [0.25, 0.3) is 11.0 Å². The molecule has 0 atom stereocenters. The summed E-state index contributed by atoms with van der Waals surface area (Å²) >= 11 is 0. The summed E-state index contributed by atoms with van der Waals surface area (Å²) in [7, 11) is 0. The van der Waals surface area contributed by atoms with Gasteiger partial charge in [-0.15, -0.1) is 10.2 Å². The quantitative estimate of drug-likeness (QED) is 0.556.